The van der Waals surface area contributed by atoms with Gasteiger partial charge >= 0.3 is 0 Å². The summed E-state index contributed by atoms with van der Waals surface area (Å²) in [4.78, 5) is 12.2. The van der Waals surface area contributed by atoms with E-state index >= 15 is 0 Å². The number of benzene rings is 1. The monoisotopic (exact) mass is 300 g/mol. The van der Waals surface area contributed by atoms with Crippen LogP contribution in [0.1, 0.15) is 37.8 Å². The standard InChI is InChI=1S/C17H24N4O/c1-5-6-17(4,18)16(22)19-15-10-14(20-21-15)13-8-11(2)7-12(3)9-13/h7-10H,5-6,18H2,1-4H3,(H2,19,20,21,22). The molecule has 0 saturated carbocycles. The molecule has 1 aromatic heterocycles. The molecule has 1 atom stereocenters. The van der Waals surface area contributed by atoms with Crippen LogP contribution in [0, 0.1) is 13.8 Å². The summed E-state index contributed by atoms with van der Waals surface area (Å²) in [5.41, 5.74) is 9.44. The molecule has 0 aliphatic carbocycles. The molecular formula is C17H24N4O. The third-order valence-electron chi connectivity index (χ3n) is 3.64. The lowest BCUT2D eigenvalue weighted by molar-refractivity contribution is -0.120. The van der Waals surface area contributed by atoms with Gasteiger partial charge in [-0.05, 0) is 39.3 Å². The van der Waals surface area contributed by atoms with E-state index in [0.717, 1.165) is 17.7 Å². The molecule has 2 aromatic rings. The molecule has 1 unspecified atom stereocenters. The maximum absolute atomic E-state index is 12.2. The second-order valence-corrected chi connectivity index (χ2v) is 6.16. The van der Waals surface area contributed by atoms with E-state index in [-0.39, 0.29) is 5.91 Å². The van der Waals surface area contributed by atoms with Crippen LogP contribution in [0.3, 0.4) is 0 Å². The summed E-state index contributed by atoms with van der Waals surface area (Å²) in [7, 11) is 0. The molecule has 22 heavy (non-hydrogen) atoms. The second-order valence-electron chi connectivity index (χ2n) is 6.16. The van der Waals surface area contributed by atoms with Gasteiger partial charge in [0.2, 0.25) is 5.91 Å². The van der Waals surface area contributed by atoms with Crippen LogP contribution in [-0.4, -0.2) is 21.6 Å². The predicted molar refractivity (Wildman–Crippen MR) is 89.6 cm³/mol. The molecule has 118 valence electrons. The summed E-state index contributed by atoms with van der Waals surface area (Å²) in [6, 6.07) is 8.10. The summed E-state index contributed by atoms with van der Waals surface area (Å²) < 4.78 is 0. The lowest BCUT2D eigenvalue weighted by atomic mass is 9.96. The molecule has 1 aromatic carbocycles. The van der Waals surface area contributed by atoms with Crippen molar-refractivity contribution in [2.75, 3.05) is 5.32 Å². The number of nitrogens with two attached hydrogens (primary N) is 1. The maximum atomic E-state index is 12.2. The zero-order chi connectivity index (χ0) is 16.3. The van der Waals surface area contributed by atoms with Crippen molar-refractivity contribution in [3.8, 4) is 11.3 Å². The average Bonchev–Trinajstić information content (AvgIpc) is 2.86. The van der Waals surface area contributed by atoms with Crippen molar-refractivity contribution in [3.63, 3.8) is 0 Å². The summed E-state index contributed by atoms with van der Waals surface area (Å²) in [5, 5.41) is 9.89. The molecule has 0 saturated heterocycles. The number of rotatable bonds is 5. The Labute approximate surface area is 131 Å². The summed E-state index contributed by atoms with van der Waals surface area (Å²) in [5.74, 6) is 0.278. The molecule has 5 nitrogen and oxygen atoms in total. The van der Waals surface area contributed by atoms with Crippen molar-refractivity contribution < 1.29 is 4.79 Å². The first kappa shape index (κ1) is 16.2. The highest BCUT2D eigenvalue weighted by Gasteiger charge is 2.27. The van der Waals surface area contributed by atoms with Crippen molar-refractivity contribution in [1.82, 2.24) is 10.2 Å². The molecule has 1 heterocycles. The van der Waals surface area contributed by atoms with Crippen LogP contribution in [0.15, 0.2) is 24.3 Å². The minimum atomic E-state index is -0.881. The van der Waals surface area contributed by atoms with Gasteiger partial charge in [-0.15, -0.1) is 0 Å². The Bertz CT molecular complexity index is 653. The van der Waals surface area contributed by atoms with E-state index in [1.165, 1.54) is 11.1 Å². The maximum Gasteiger partial charge on any atom is 0.245 e. The van der Waals surface area contributed by atoms with Gasteiger partial charge in [-0.2, -0.15) is 5.10 Å². The van der Waals surface area contributed by atoms with Crippen molar-refractivity contribution in [2.45, 2.75) is 46.1 Å². The molecule has 0 bridgehead atoms. The van der Waals surface area contributed by atoms with Gasteiger partial charge in [0.05, 0.1) is 11.2 Å². The third kappa shape index (κ3) is 3.74. The van der Waals surface area contributed by atoms with E-state index in [1.54, 1.807) is 6.92 Å². The minimum absolute atomic E-state index is 0.215. The number of amides is 1. The number of aromatic nitrogens is 2. The minimum Gasteiger partial charge on any atom is -0.318 e. The zero-order valence-corrected chi connectivity index (χ0v) is 13.7. The van der Waals surface area contributed by atoms with Gasteiger partial charge in [-0.1, -0.05) is 30.5 Å². The summed E-state index contributed by atoms with van der Waals surface area (Å²) in [6.45, 7) is 7.86. The fraction of sp³-hybridized carbons (Fsp3) is 0.412. The molecular weight excluding hydrogens is 276 g/mol. The first-order chi connectivity index (χ1) is 10.3. The largest absolute Gasteiger partial charge is 0.318 e. The van der Waals surface area contributed by atoms with E-state index in [1.807, 2.05) is 13.0 Å². The van der Waals surface area contributed by atoms with Crippen LogP contribution < -0.4 is 11.1 Å². The average molecular weight is 300 g/mol. The molecule has 0 fully saturated rings. The summed E-state index contributed by atoms with van der Waals surface area (Å²) in [6.07, 6.45) is 1.49. The smallest absolute Gasteiger partial charge is 0.245 e. The van der Waals surface area contributed by atoms with E-state index in [0.29, 0.717) is 12.2 Å². The Kier molecular flexibility index (Phi) is 4.66. The predicted octanol–water partition coefficient (Wildman–Crippen LogP) is 3.15. The molecule has 0 aliphatic rings. The van der Waals surface area contributed by atoms with Gasteiger partial charge < -0.3 is 11.1 Å². The van der Waals surface area contributed by atoms with Gasteiger partial charge in [-0.3, -0.25) is 9.89 Å². The number of hydrogen-bond acceptors (Lipinski definition) is 3. The third-order valence-corrected chi connectivity index (χ3v) is 3.64. The second kappa shape index (κ2) is 6.32. The van der Waals surface area contributed by atoms with Crippen LogP contribution in [0.4, 0.5) is 5.82 Å². The van der Waals surface area contributed by atoms with Crippen molar-refractivity contribution >= 4 is 11.7 Å². The lowest BCUT2D eigenvalue weighted by Crippen LogP contribution is -2.48. The molecule has 4 N–H and O–H groups in total. The molecule has 0 radical (unpaired) electrons. The van der Waals surface area contributed by atoms with E-state index in [2.05, 4.69) is 47.6 Å². The highest BCUT2D eigenvalue weighted by molar-refractivity contribution is 5.97. The fourth-order valence-electron chi connectivity index (χ4n) is 2.56. The van der Waals surface area contributed by atoms with Crippen molar-refractivity contribution in [1.29, 1.82) is 0 Å². The van der Waals surface area contributed by atoms with Crippen LogP contribution in [0.5, 0.6) is 0 Å². The molecule has 1 amide bonds. The lowest BCUT2D eigenvalue weighted by Gasteiger charge is -2.21. The Morgan fingerprint density at radius 1 is 1.27 bits per heavy atom. The number of aromatic amines is 1. The Hall–Kier alpha value is -2.14. The highest BCUT2D eigenvalue weighted by Crippen LogP contribution is 2.23. The number of anilines is 1. The zero-order valence-electron chi connectivity index (χ0n) is 13.7. The topological polar surface area (TPSA) is 83.8 Å². The Morgan fingerprint density at radius 2 is 1.91 bits per heavy atom. The fourth-order valence-corrected chi connectivity index (χ4v) is 2.56. The summed E-state index contributed by atoms with van der Waals surface area (Å²) >= 11 is 0. The van der Waals surface area contributed by atoms with Crippen molar-refractivity contribution in [2.24, 2.45) is 5.73 Å². The SMILES string of the molecule is CCCC(C)(N)C(=O)Nc1cc(-c2cc(C)cc(C)c2)[nH]n1. The van der Waals surface area contributed by atoms with Gasteiger partial charge in [0, 0.05) is 11.6 Å². The molecule has 0 spiro atoms. The molecule has 2 rings (SSSR count). The quantitative estimate of drug-likeness (QED) is 0.793. The number of aryl methyl sites for hydroxylation is 2. The molecule has 0 aliphatic heterocycles. The van der Waals surface area contributed by atoms with Gasteiger partial charge in [0.25, 0.3) is 0 Å². The number of hydrogen-bond donors (Lipinski definition) is 3. The van der Waals surface area contributed by atoms with Crippen LogP contribution in [-0.2, 0) is 4.79 Å². The van der Waals surface area contributed by atoms with Gasteiger partial charge in [0.15, 0.2) is 5.82 Å². The Balaban J connectivity index is 2.16. The normalized spacial score (nSPS) is 13.7. The number of carbonyl (C=O) groups is 1. The number of H-pyrrole nitrogens is 1. The first-order valence-corrected chi connectivity index (χ1v) is 7.56. The van der Waals surface area contributed by atoms with E-state index in [4.69, 9.17) is 5.73 Å². The van der Waals surface area contributed by atoms with Gasteiger partial charge in [-0.25, -0.2) is 0 Å². The van der Waals surface area contributed by atoms with Crippen LogP contribution in [0.2, 0.25) is 0 Å². The number of nitrogens with zero attached hydrogens (tertiary/aromatic N) is 1. The van der Waals surface area contributed by atoms with Gasteiger partial charge in [0.1, 0.15) is 0 Å². The van der Waals surface area contributed by atoms with E-state index in [9.17, 15) is 4.79 Å². The number of nitrogens with one attached hydrogen (secondary N) is 2. The number of carbonyl (C=O) groups excluding carboxylic acids is 1. The van der Waals surface area contributed by atoms with E-state index < -0.39 is 5.54 Å². The Morgan fingerprint density at radius 3 is 2.50 bits per heavy atom. The molecule has 5 heteroatoms. The highest BCUT2D eigenvalue weighted by atomic mass is 16.2. The van der Waals surface area contributed by atoms with Crippen LogP contribution in [0.25, 0.3) is 11.3 Å². The first-order valence-electron chi connectivity index (χ1n) is 7.56. The van der Waals surface area contributed by atoms with Crippen molar-refractivity contribution in [3.05, 3.63) is 35.4 Å². The van der Waals surface area contributed by atoms with Crippen LogP contribution >= 0.6 is 0 Å².